The highest BCUT2D eigenvalue weighted by atomic mass is 79.9. The van der Waals surface area contributed by atoms with E-state index in [2.05, 4.69) is 21.2 Å². The molecule has 0 saturated heterocycles. The average molecular weight is 585 g/mol. The van der Waals surface area contributed by atoms with Crippen LogP contribution in [0, 0.1) is 6.92 Å². The highest BCUT2D eigenvalue weighted by molar-refractivity contribution is 9.10. The second kappa shape index (κ2) is 11.8. The summed E-state index contributed by atoms with van der Waals surface area (Å²) in [5.74, 6) is -0.757. The van der Waals surface area contributed by atoms with Gasteiger partial charge in [0, 0.05) is 22.1 Å². The molecule has 0 spiro atoms. The van der Waals surface area contributed by atoms with Crippen molar-refractivity contribution in [2.24, 2.45) is 0 Å². The summed E-state index contributed by atoms with van der Waals surface area (Å²) in [5, 5.41) is 3.51. The van der Waals surface area contributed by atoms with Crippen molar-refractivity contribution in [3.63, 3.8) is 0 Å². The van der Waals surface area contributed by atoms with Crippen molar-refractivity contribution in [2.45, 2.75) is 58.2 Å². The highest BCUT2D eigenvalue weighted by Crippen LogP contribution is 2.26. The fraction of sp³-hybridized carbons (Fsp3) is 0.440. The van der Waals surface area contributed by atoms with Gasteiger partial charge in [0.05, 0.1) is 11.9 Å². The van der Waals surface area contributed by atoms with Gasteiger partial charge in [-0.25, -0.2) is 8.42 Å². The molecule has 190 valence electrons. The first-order valence-corrected chi connectivity index (χ1v) is 14.6. The number of carbonyl (C=O) groups excluding carboxylic acids is 2. The molecule has 35 heavy (non-hydrogen) atoms. The van der Waals surface area contributed by atoms with Gasteiger partial charge in [-0.05, 0) is 62.1 Å². The second-order valence-electron chi connectivity index (χ2n) is 8.98. The van der Waals surface area contributed by atoms with E-state index in [1.807, 2.05) is 6.92 Å². The minimum absolute atomic E-state index is 0.0781. The fourth-order valence-corrected chi connectivity index (χ4v) is 5.47. The predicted molar refractivity (Wildman–Crippen MR) is 143 cm³/mol. The largest absolute Gasteiger partial charge is 0.352 e. The zero-order chi connectivity index (χ0) is 25.8. The van der Waals surface area contributed by atoms with Crippen LogP contribution in [0.4, 0.5) is 5.69 Å². The molecule has 0 heterocycles. The van der Waals surface area contributed by atoms with Gasteiger partial charge in [-0.15, -0.1) is 0 Å². The van der Waals surface area contributed by atoms with Crippen LogP contribution in [0.1, 0.15) is 43.7 Å². The first-order valence-electron chi connectivity index (χ1n) is 11.5. The molecule has 10 heteroatoms. The maximum Gasteiger partial charge on any atom is 0.244 e. The Kier molecular flexibility index (Phi) is 9.23. The van der Waals surface area contributed by atoms with E-state index in [-0.39, 0.29) is 18.5 Å². The number of amides is 2. The lowest BCUT2D eigenvalue weighted by Gasteiger charge is -2.32. The molecule has 0 aliphatic heterocycles. The van der Waals surface area contributed by atoms with Crippen molar-refractivity contribution in [1.82, 2.24) is 10.2 Å². The molecule has 0 unspecified atom stereocenters. The van der Waals surface area contributed by atoms with Crippen molar-refractivity contribution in [2.75, 3.05) is 17.1 Å². The molecule has 2 aromatic rings. The lowest BCUT2D eigenvalue weighted by molar-refractivity contribution is -0.139. The number of sulfonamides is 1. The third-order valence-corrected chi connectivity index (χ3v) is 8.68. The molecule has 3 rings (SSSR count). The van der Waals surface area contributed by atoms with Gasteiger partial charge in [0.25, 0.3) is 0 Å². The van der Waals surface area contributed by atoms with Crippen molar-refractivity contribution < 1.29 is 18.0 Å². The van der Waals surface area contributed by atoms with Crippen LogP contribution in [-0.4, -0.2) is 50.0 Å². The van der Waals surface area contributed by atoms with Crippen molar-refractivity contribution in [3.05, 3.63) is 63.1 Å². The van der Waals surface area contributed by atoms with E-state index < -0.39 is 28.5 Å². The summed E-state index contributed by atoms with van der Waals surface area (Å²) in [4.78, 5) is 28.1. The lowest BCUT2D eigenvalue weighted by atomic mass is 10.1. The SMILES string of the molecule is Cc1cc(N(CC(=O)N(Cc2ccccc2Cl)[C@H](C)C(=O)NC2CCCC2)S(C)(=O)=O)ccc1Br. The van der Waals surface area contributed by atoms with Gasteiger partial charge in [0.2, 0.25) is 21.8 Å². The number of aryl methyl sites for hydroxylation is 1. The first-order chi connectivity index (χ1) is 16.5. The smallest absolute Gasteiger partial charge is 0.244 e. The van der Waals surface area contributed by atoms with E-state index in [9.17, 15) is 18.0 Å². The summed E-state index contributed by atoms with van der Waals surface area (Å²) < 4.78 is 27.2. The summed E-state index contributed by atoms with van der Waals surface area (Å²) in [5.41, 5.74) is 1.89. The molecular formula is C25H31BrClN3O4S. The third-order valence-electron chi connectivity index (χ3n) is 6.28. The number of nitrogens with one attached hydrogen (secondary N) is 1. The first kappa shape index (κ1) is 27.5. The molecule has 0 radical (unpaired) electrons. The van der Waals surface area contributed by atoms with Gasteiger partial charge >= 0.3 is 0 Å². The molecule has 1 fully saturated rings. The number of anilines is 1. The summed E-state index contributed by atoms with van der Waals surface area (Å²) in [6.07, 6.45) is 5.03. The molecule has 1 saturated carbocycles. The molecule has 1 aliphatic carbocycles. The van der Waals surface area contributed by atoms with Gasteiger partial charge in [-0.1, -0.05) is 58.6 Å². The fourth-order valence-electron chi connectivity index (χ4n) is 4.18. The average Bonchev–Trinajstić information content (AvgIpc) is 3.30. The molecule has 0 aromatic heterocycles. The van der Waals surface area contributed by atoms with Crippen LogP contribution in [0.25, 0.3) is 0 Å². The molecule has 1 atom stereocenters. The van der Waals surface area contributed by atoms with E-state index in [1.165, 1.54) is 4.90 Å². The third kappa shape index (κ3) is 7.21. The van der Waals surface area contributed by atoms with Crippen molar-refractivity contribution in [1.29, 1.82) is 0 Å². The summed E-state index contributed by atoms with van der Waals surface area (Å²) in [6.45, 7) is 3.14. The van der Waals surface area contributed by atoms with Crippen LogP contribution in [0.2, 0.25) is 5.02 Å². The zero-order valence-corrected chi connectivity index (χ0v) is 23.3. The molecule has 1 N–H and O–H groups in total. The van der Waals surface area contributed by atoms with Crippen LogP contribution in [-0.2, 0) is 26.2 Å². The summed E-state index contributed by atoms with van der Waals surface area (Å²) >= 11 is 9.77. The Bertz CT molecular complexity index is 1180. The Morgan fingerprint density at radius 3 is 2.43 bits per heavy atom. The Morgan fingerprint density at radius 2 is 1.83 bits per heavy atom. The highest BCUT2D eigenvalue weighted by Gasteiger charge is 2.31. The Morgan fingerprint density at radius 1 is 1.17 bits per heavy atom. The summed E-state index contributed by atoms with van der Waals surface area (Å²) in [7, 11) is -3.78. The maximum absolute atomic E-state index is 13.6. The Labute approximate surface area is 221 Å². The van der Waals surface area contributed by atoms with Gasteiger partial charge in [0.15, 0.2) is 0 Å². The minimum atomic E-state index is -3.78. The zero-order valence-electron chi connectivity index (χ0n) is 20.1. The predicted octanol–water partition coefficient (Wildman–Crippen LogP) is 4.65. The Balaban J connectivity index is 1.90. The summed E-state index contributed by atoms with van der Waals surface area (Å²) in [6, 6.07) is 11.5. The maximum atomic E-state index is 13.6. The number of rotatable bonds is 9. The van der Waals surface area contributed by atoms with Gasteiger partial charge in [-0.3, -0.25) is 13.9 Å². The van der Waals surface area contributed by atoms with Crippen LogP contribution in [0.15, 0.2) is 46.9 Å². The lowest BCUT2D eigenvalue weighted by Crippen LogP contribution is -2.52. The van der Waals surface area contributed by atoms with Crippen LogP contribution < -0.4 is 9.62 Å². The number of hydrogen-bond acceptors (Lipinski definition) is 4. The number of nitrogens with zero attached hydrogens (tertiary/aromatic N) is 2. The Hall–Kier alpha value is -2.10. The second-order valence-corrected chi connectivity index (χ2v) is 12.2. The number of hydrogen-bond donors (Lipinski definition) is 1. The number of carbonyl (C=O) groups is 2. The standard InChI is InChI=1S/C25H31BrClN3O4S/c1-17-14-21(12-13-22(17)26)30(35(3,33)34)16-24(31)29(15-19-8-4-7-11-23(19)27)18(2)25(32)28-20-9-5-6-10-20/h4,7-8,11-14,18,20H,5-6,9-10,15-16H2,1-3H3,(H,28,32)/t18-/m1/s1. The molecule has 2 amide bonds. The van der Waals surface area contributed by atoms with Gasteiger partial charge in [0.1, 0.15) is 12.6 Å². The van der Waals surface area contributed by atoms with Crippen molar-refractivity contribution in [3.8, 4) is 0 Å². The molecular weight excluding hydrogens is 554 g/mol. The van der Waals surface area contributed by atoms with Gasteiger partial charge in [-0.2, -0.15) is 0 Å². The molecule has 1 aliphatic rings. The van der Waals surface area contributed by atoms with Crippen LogP contribution >= 0.6 is 27.5 Å². The van der Waals surface area contributed by atoms with E-state index in [0.717, 1.165) is 46.3 Å². The van der Waals surface area contributed by atoms with E-state index in [0.29, 0.717) is 16.3 Å². The normalized spacial score (nSPS) is 15.0. The topological polar surface area (TPSA) is 86.8 Å². The molecule has 7 nitrogen and oxygen atoms in total. The van der Waals surface area contributed by atoms with Gasteiger partial charge < -0.3 is 10.2 Å². The van der Waals surface area contributed by atoms with E-state index in [1.54, 1.807) is 49.4 Å². The van der Waals surface area contributed by atoms with Crippen molar-refractivity contribution >= 4 is 55.1 Å². The number of halogens is 2. The molecule has 0 bridgehead atoms. The minimum Gasteiger partial charge on any atom is -0.352 e. The quantitative estimate of drug-likeness (QED) is 0.465. The van der Waals surface area contributed by atoms with Crippen LogP contribution in [0.5, 0.6) is 0 Å². The van der Waals surface area contributed by atoms with Crippen LogP contribution in [0.3, 0.4) is 0 Å². The monoisotopic (exact) mass is 583 g/mol. The van der Waals surface area contributed by atoms with E-state index >= 15 is 0 Å². The van der Waals surface area contributed by atoms with E-state index in [4.69, 9.17) is 11.6 Å². The molecule has 2 aromatic carbocycles. The number of benzene rings is 2.